The first-order chi connectivity index (χ1) is 12.6. The number of anilines is 1. The molecule has 2 aromatic rings. The Balaban J connectivity index is 1.46. The molecule has 132 valence electrons. The van der Waals surface area contributed by atoms with E-state index in [1.807, 2.05) is 5.38 Å². The molecule has 1 unspecified atom stereocenters. The van der Waals surface area contributed by atoms with E-state index in [1.165, 1.54) is 28.9 Å². The van der Waals surface area contributed by atoms with Gasteiger partial charge >= 0.3 is 0 Å². The highest BCUT2D eigenvalue weighted by molar-refractivity contribution is 7.16. The smallest absolute Gasteiger partial charge is 0.262 e. The summed E-state index contributed by atoms with van der Waals surface area (Å²) in [5.41, 5.74) is 1.49. The molecule has 0 aromatic carbocycles. The molecule has 1 N–H and O–H groups in total. The number of aromatic nitrogens is 1. The molecule has 26 heavy (non-hydrogen) atoms. The van der Waals surface area contributed by atoms with Crippen LogP contribution < -0.4 is 5.32 Å². The molecule has 0 aliphatic carbocycles. The zero-order chi connectivity index (χ0) is 18.1. The summed E-state index contributed by atoms with van der Waals surface area (Å²) in [7, 11) is 0. The predicted octanol–water partition coefficient (Wildman–Crippen LogP) is 2.12. The molecule has 2 aromatic heterocycles. The number of rotatable bonds is 3. The molecule has 7 nitrogen and oxygen atoms in total. The summed E-state index contributed by atoms with van der Waals surface area (Å²) in [6, 6.07) is 1.76. The predicted molar refractivity (Wildman–Crippen MR) is 99.6 cm³/mol. The lowest BCUT2D eigenvalue weighted by Gasteiger charge is -2.28. The molecule has 0 spiro atoms. The number of hydrogen-bond donors (Lipinski definition) is 1. The minimum absolute atomic E-state index is 0.193. The highest BCUT2D eigenvalue weighted by Gasteiger charge is 2.32. The van der Waals surface area contributed by atoms with Gasteiger partial charge in [-0.3, -0.25) is 19.7 Å². The first-order valence-corrected chi connectivity index (χ1v) is 9.73. The van der Waals surface area contributed by atoms with Crippen LogP contribution >= 0.6 is 22.7 Å². The lowest BCUT2D eigenvalue weighted by atomic mass is 10.0. The average molecular weight is 386 g/mol. The van der Waals surface area contributed by atoms with Gasteiger partial charge in [0, 0.05) is 29.4 Å². The van der Waals surface area contributed by atoms with E-state index in [2.05, 4.69) is 15.3 Å². The molecule has 1 atom stereocenters. The summed E-state index contributed by atoms with van der Waals surface area (Å²) in [5.74, 6) is -1.71. The van der Waals surface area contributed by atoms with E-state index in [0.717, 1.165) is 10.6 Å². The van der Waals surface area contributed by atoms with E-state index >= 15 is 0 Å². The van der Waals surface area contributed by atoms with Gasteiger partial charge in [0.15, 0.2) is 5.13 Å². The first kappa shape index (κ1) is 16.8. The Morgan fingerprint density at radius 2 is 2.23 bits per heavy atom. The van der Waals surface area contributed by atoms with Gasteiger partial charge in [-0.1, -0.05) is 17.4 Å². The van der Waals surface area contributed by atoms with E-state index in [0.29, 0.717) is 30.2 Å². The van der Waals surface area contributed by atoms with E-state index in [1.54, 1.807) is 28.5 Å². The van der Waals surface area contributed by atoms with Crippen LogP contribution in [0.25, 0.3) is 0 Å². The third kappa shape index (κ3) is 3.23. The number of dihydropyridines is 1. The Hall–Kier alpha value is -2.65. The Morgan fingerprint density at radius 1 is 1.35 bits per heavy atom. The summed E-state index contributed by atoms with van der Waals surface area (Å²) in [5, 5.41) is 6.95. The van der Waals surface area contributed by atoms with Crippen molar-refractivity contribution < 1.29 is 14.4 Å². The lowest BCUT2D eigenvalue weighted by Crippen LogP contribution is -2.41. The Kier molecular flexibility index (Phi) is 4.48. The maximum Gasteiger partial charge on any atom is 0.262 e. The number of amides is 3. The Bertz CT molecular complexity index is 930. The summed E-state index contributed by atoms with van der Waals surface area (Å²) in [6.07, 6.45) is 5.18. The SMILES string of the molecule is O=C(Nc1nc2c(s1)CN(C(=O)C1C=CC=NC1=O)CC2)c1ccsc1. The summed E-state index contributed by atoms with van der Waals surface area (Å²) in [4.78, 5) is 47.3. The normalized spacial score (nSPS) is 18.7. The lowest BCUT2D eigenvalue weighted by molar-refractivity contribution is -0.139. The van der Waals surface area contributed by atoms with Crippen molar-refractivity contribution in [3.8, 4) is 0 Å². The molecule has 2 aliphatic rings. The third-order valence-corrected chi connectivity index (χ3v) is 5.85. The number of nitrogens with one attached hydrogen (secondary N) is 1. The quantitative estimate of drug-likeness (QED) is 0.818. The molecule has 2 aliphatic heterocycles. The molecule has 3 amide bonds. The van der Waals surface area contributed by atoms with Gasteiger partial charge in [-0.15, -0.1) is 0 Å². The van der Waals surface area contributed by atoms with Crippen LogP contribution in [0.5, 0.6) is 0 Å². The standard InChI is InChI=1S/C17H14N4O3S2/c22-14(10-4-7-25-9-10)20-17-19-12-3-6-21(8-13(12)26-17)16(24)11-2-1-5-18-15(11)23/h1-2,4-5,7,9,11H,3,6,8H2,(H,19,20,22). The zero-order valence-corrected chi connectivity index (χ0v) is 15.2. The van der Waals surface area contributed by atoms with Crippen LogP contribution in [0, 0.1) is 5.92 Å². The largest absolute Gasteiger partial charge is 0.336 e. The van der Waals surface area contributed by atoms with Crippen LogP contribution in [-0.2, 0) is 22.6 Å². The molecule has 0 saturated carbocycles. The van der Waals surface area contributed by atoms with E-state index in [9.17, 15) is 14.4 Å². The minimum atomic E-state index is -0.841. The van der Waals surface area contributed by atoms with E-state index in [4.69, 9.17) is 0 Å². The van der Waals surface area contributed by atoms with E-state index < -0.39 is 11.8 Å². The van der Waals surface area contributed by atoms with Crippen molar-refractivity contribution in [1.82, 2.24) is 9.88 Å². The minimum Gasteiger partial charge on any atom is -0.336 e. The molecule has 4 rings (SSSR count). The van der Waals surface area contributed by atoms with Crippen LogP contribution in [0.3, 0.4) is 0 Å². The van der Waals surface area contributed by atoms with Gasteiger partial charge in [-0.05, 0) is 17.5 Å². The fourth-order valence-electron chi connectivity index (χ4n) is 2.82. The number of aliphatic imine (C=N–C) groups is 1. The molecule has 9 heteroatoms. The fraction of sp³-hybridized carbons (Fsp3) is 0.235. The fourth-order valence-corrected chi connectivity index (χ4v) is 4.48. The first-order valence-electron chi connectivity index (χ1n) is 7.97. The van der Waals surface area contributed by atoms with Gasteiger partial charge < -0.3 is 4.90 Å². The molecule has 0 bridgehead atoms. The van der Waals surface area contributed by atoms with Crippen molar-refractivity contribution in [2.75, 3.05) is 11.9 Å². The van der Waals surface area contributed by atoms with E-state index in [-0.39, 0.29) is 11.8 Å². The second-order valence-electron chi connectivity index (χ2n) is 5.84. The number of hydrogen-bond acceptors (Lipinski definition) is 6. The highest BCUT2D eigenvalue weighted by Crippen LogP contribution is 2.29. The monoisotopic (exact) mass is 386 g/mol. The molecular weight excluding hydrogens is 372 g/mol. The summed E-state index contributed by atoms with van der Waals surface area (Å²) in [6.45, 7) is 0.885. The maximum atomic E-state index is 12.6. The van der Waals surface area contributed by atoms with Gasteiger partial charge in [0.25, 0.3) is 11.8 Å². The average Bonchev–Trinajstić information content (AvgIpc) is 3.30. The Morgan fingerprint density at radius 3 is 3.00 bits per heavy atom. The van der Waals surface area contributed by atoms with Gasteiger partial charge in [-0.2, -0.15) is 11.3 Å². The number of carbonyl (C=O) groups is 3. The molecule has 0 radical (unpaired) electrons. The van der Waals surface area contributed by atoms with Crippen LogP contribution in [0.15, 0.2) is 34.0 Å². The van der Waals surface area contributed by atoms with Gasteiger partial charge in [0.1, 0.15) is 5.92 Å². The number of thiophene rings is 1. The summed E-state index contributed by atoms with van der Waals surface area (Å²) >= 11 is 2.82. The van der Waals surface area contributed by atoms with Crippen LogP contribution in [0.2, 0.25) is 0 Å². The van der Waals surface area contributed by atoms with Gasteiger partial charge in [0.05, 0.1) is 17.8 Å². The van der Waals surface area contributed by atoms with Crippen LogP contribution in [0.1, 0.15) is 20.9 Å². The zero-order valence-electron chi connectivity index (χ0n) is 13.5. The number of nitrogens with zero attached hydrogens (tertiary/aromatic N) is 3. The van der Waals surface area contributed by atoms with Crippen LogP contribution in [0.4, 0.5) is 5.13 Å². The Labute approximate surface area is 157 Å². The number of thiazole rings is 1. The number of carbonyl (C=O) groups excluding carboxylic acids is 3. The highest BCUT2D eigenvalue weighted by atomic mass is 32.1. The van der Waals surface area contributed by atoms with Crippen molar-refractivity contribution in [2.24, 2.45) is 10.9 Å². The summed E-state index contributed by atoms with van der Waals surface area (Å²) < 4.78 is 0. The van der Waals surface area contributed by atoms with Crippen molar-refractivity contribution >= 4 is 51.7 Å². The number of fused-ring (bicyclic) bond motifs is 1. The second kappa shape index (κ2) is 6.93. The third-order valence-electron chi connectivity index (χ3n) is 4.17. The molecule has 0 saturated heterocycles. The second-order valence-corrected chi connectivity index (χ2v) is 7.71. The van der Waals surface area contributed by atoms with Crippen molar-refractivity contribution in [1.29, 1.82) is 0 Å². The van der Waals surface area contributed by atoms with Gasteiger partial charge in [-0.25, -0.2) is 9.98 Å². The van der Waals surface area contributed by atoms with Crippen molar-refractivity contribution in [2.45, 2.75) is 13.0 Å². The van der Waals surface area contributed by atoms with Gasteiger partial charge in [0.2, 0.25) is 5.91 Å². The maximum absolute atomic E-state index is 12.6. The van der Waals surface area contributed by atoms with Crippen LogP contribution in [-0.4, -0.2) is 40.4 Å². The van der Waals surface area contributed by atoms with Crippen molar-refractivity contribution in [3.05, 3.63) is 45.1 Å². The molecule has 0 fully saturated rings. The molecular formula is C17H14N4O3S2. The van der Waals surface area contributed by atoms with Crippen molar-refractivity contribution in [3.63, 3.8) is 0 Å². The topological polar surface area (TPSA) is 91.7 Å². The number of allylic oxidation sites excluding steroid dienone is 1. The molecule has 4 heterocycles.